The van der Waals surface area contributed by atoms with E-state index in [1.807, 2.05) is 0 Å². The zero-order valence-electron chi connectivity index (χ0n) is 13.2. The lowest BCUT2D eigenvalue weighted by atomic mass is 10.2. The number of aromatic nitrogens is 2. The van der Waals surface area contributed by atoms with Gasteiger partial charge in [-0.3, -0.25) is 0 Å². The molecule has 1 heterocycles. The molecule has 0 spiro atoms. The van der Waals surface area contributed by atoms with Crippen molar-refractivity contribution in [2.24, 2.45) is 5.92 Å². The van der Waals surface area contributed by atoms with Gasteiger partial charge in [-0.15, -0.1) is 0 Å². The smallest absolute Gasteiger partial charge is 0.370 e. The van der Waals surface area contributed by atoms with Gasteiger partial charge >= 0.3 is 6.18 Å². The summed E-state index contributed by atoms with van der Waals surface area (Å²) in [5.74, 6) is 2.26. The summed E-state index contributed by atoms with van der Waals surface area (Å²) in [5.41, 5.74) is -0.146. The van der Waals surface area contributed by atoms with E-state index in [2.05, 4.69) is 34.4 Å². The summed E-state index contributed by atoms with van der Waals surface area (Å²) >= 11 is 0. The maximum atomic E-state index is 12.6. The monoisotopic (exact) mass is 324 g/mol. The zero-order valence-corrected chi connectivity index (χ0v) is 13.2. The molecule has 2 rings (SSSR count). The van der Waals surface area contributed by atoms with Crippen molar-refractivity contribution in [1.82, 2.24) is 9.97 Å². The quantitative estimate of drug-likeness (QED) is 0.843. The first-order chi connectivity index (χ1) is 10.7. The number of hydrogen-bond acceptors (Lipinski definition) is 4. The van der Waals surface area contributed by atoms with E-state index in [9.17, 15) is 13.2 Å². The van der Waals surface area contributed by atoms with Gasteiger partial charge in [0, 0.05) is 18.3 Å². The van der Waals surface area contributed by atoms with Crippen LogP contribution in [0.15, 0.2) is 30.3 Å². The lowest BCUT2D eigenvalue weighted by Gasteiger charge is -2.12. The van der Waals surface area contributed by atoms with Gasteiger partial charge < -0.3 is 10.6 Å². The molecule has 0 fully saturated rings. The van der Waals surface area contributed by atoms with E-state index >= 15 is 0 Å². The molecule has 4 nitrogen and oxygen atoms in total. The summed E-state index contributed by atoms with van der Waals surface area (Å²) in [6.45, 7) is 6.71. The molecular formula is C16H19F3N4. The predicted molar refractivity (Wildman–Crippen MR) is 84.8 cm³/mol. The Kier molecular flexibility index (Phi) is 5.08. The molecule has 0 saturated carbocycles. The van der Waals surface area contributed by atoms with Crippen molar-refractivity contribution < 1.29 is 13.2 Å². The van der Waals surface area contributed by atoms with Gasteiger partial charge in [-0.25, -0.2) is 9.97 Å². The number of nitrogens with zero attached hydrogens (tertiary/aromatic N) is 2. The van der Waals surface area contributed by atoms with Gasteiger partial charge in [0.1, 0.15) is 17.5 Å². The molecule has 0 atom stereocenters. The molecule has 0 radical (unpaired) electrons. The van der Waals surface area contributed by atoms with Gasteiger partial charge in [0.05, 0.1) is 5.56 Å². The number of anilines is 3. The summed E-state index contributed by atoms with van der Waals surface area (Å²) in [7, 11) is 0. The Bertz CT molecular complexity index is 651. The van der Waals surface area contributed by atoms with Gasteiger partial charge in [-0.2, -0.15) is 13.2 Å². The fraction of sp³-hybridized carbons (Fsp3) is 0.375. The van der Waals surface area contributed by atoms with Crippen molar-refractivity contribution in [1.29, 1.82) is 0 Å². The van der Waals surface area contributed by atoms with E-state index in [1.54, 1.807) is 13.0 Å². The van der Waals surface area contributed by atoms with Crippen molar-refractivity contribution in [3.05, 3.63) is 41.7 Å². The highest BCUT2D eigenvalue weighted by Gasteiger charge is 2.29. The molecule has 0 unspecified atom stereocenters. The fourth-order valence-electron chi connectivity index (χ4n) is 1.92. The molecule has 0 aliphatic carbocycles. The van der Waals surface area contributed by atoms with Crippen molar-refractivity contribution in [3.63, 3.8) is 0 Å². The van der Waals surface area contributed by atoms with Crippen LogP contribution in [-0.2, 0) is 6.18 Å². The summed E-state index contributed by atoms with van der Waals surface area (Å²) in [6.07, 6.45) is -4.34. The van der Waals surface area contributed by atoms with Gasteiger partial charge in [0.15, 0.2) is 0 Å². The van der Waals surface area contributed by atoms with E-state index in [4.69, 9.17) is 0 Å². The molecule has 23 heavy (non-hydrogen) atoms. The second-order valence-electron chi connectivity index (χ2n) is 5.66. The second kappa shape index (κ2) is 6.85. The highest BCUT2D eigenvalue weighted by molar-refractivity contribution is 5.59. The first-order valence-corrected chi connectivity index (χ1v) is 7.28. The van der Waals surface area contributed by atoms with Crippen LogP contribution in [0.4, 0.5) is 30.5 Å². The van der Waals surface area contributed by atoms with Gasteiger partial charge in [0.25, 0.3) is 0 Å². The summed E-state index contributed by atoms with van der Waals surface area (Å²) in [4.78, 5) is 8.53. The molecular weight excluding hydrogens is 305 g/mol. The van der Waals surface area contributed by atoms with Crippen molar-refractivity contribution in [2.45, 2.75) is 26.9 Å². The molecule has 0 amide bonds. The minimum absolute atomic E-state index is 0.469. The molecule has 7 heteroatoms. The molecule has 2 N–H and O–H groups in total. The summed E-state index contributed by atoms with van der Waals surface area (Å²) in [6, 6.07) is 6.55. The average Bonchev–Trinajstić information content (AvgIpc) is 2.44. The third-order valence-corrected chi connectivity index (χ3v) is 3.01. The third-order valence-electron chi connectivity index (χ3n) is 3.01. The first-order valence-electron chi connectivity index (χ1n) is 7.28. The van der Waals surface area contributed by atoms with E-state index in [0.717, 1.165) is 18.7 Å². The zero-order chi connectivity index (χ0) is 17.0. The Morgan fingerprint density at radius 2 is 1.65 bits per heavy atom. The molecule has 1 aromatic heterocycles. The lowest BCUT2D eigenvalue weighted by Crippen LogP contribution is -2.10. The molecule has 0 aliphatic heterocycles. The second-order valence-corrected chi connectivity index (χ2v) is 5.66. The van der Waals surface area contributed by atoms with Gasteiger partial charge in [-0.05, 0) is 37.1 Å². The highest BCUT2D eigenvalue weighted by Crippen LogP contribution is 2.30. The van der Waals surface area contributed by atoms with E-state index in [-0.39, 0.29) is 0 Å². The van der Waals surface area contributed by atoms with Crippen LogP contribution in [0.2, 0.25) is 0 Å². The Morgan fingerprint density at radius 3 is 2.22 bits per heavy atom. The van der Waals surface area contributed by atoms with E-state index in [0.29, 0.717) is 29.1 Å². The number of hydrogen-bond donors (Lipinski definition) is 2. The van der Waals surface area contributed by atoms with Crippen LogP contribution in [0.3, 0.4) is 0 Å². The number of rotatable bonds is 5. The number of alkyl halides is 3. The highest BCUT2D eigenvalue weighted by atomic mass is 19.4. The molecule has 0 bridgehead atoms. The van der Waals surface area contributed by atoms with E-state index < -0.39 is 11.7 Å². The molecule has 2 aromatic rings. The summed E-state index contributed by atoms with van der Waals surface area (Å²) < 4.78 is 37.7. The SMILES string of the molecule is Cc1nc(NCC(C)C)cc(Nc2ccc(C(F)(F)F)cc2)n1. The van der Waals surface area contributed by atoms with Crippen LogP contribution >= 0.6 is 0 Å². The van der Waals surface area contributed by atoms with Crippen LogP contribution in [0.5, 0.6) is 0 Å². The largest absolute Gasteiger partial charge is 0.416 e. The van der Waals surface area contributed by atoms with Crippen molar-refractivity contribution in [2.75, 3.05) is 17.2 Å². The Balaban J connectivity index is 2.13. The number of halogens is 3. The van der Waals surface area contributed by atoms with Gasteiger partial charge in [-0.1, -0.05) is 13.8 Å². The number of nitrogens with one attached hydrogen (secondary N) is 2. The van der Waals surface area contributed by atoms with Crippen molar-refractivity contribution >= 4 is 17.3 Å². The average molecular weight is 324 g/mol. The topological polar surface area (TPSA) is 49.8 Å². The predicted octanol–water partition coefficient (Wildman–Crippen LogP) is 4.62. The van der Waals surface area contributed by atoms with Crippen LogP contribution in [0, 0.1) is 12.8 Å². The maximum absolute atomic E-state index is 12.6. The third kappa shape index (κ3) is 5.12. The van der Waals surface area contributed by atoms with Gasteiger partial charge in [0.2, 0.25) is 0 Å². The van der Waals surface area contributed by atoms with Crippen LogP contribution < -0.4 is 10.6 Å². The number of benzene rings is 1. The maximum Gasteiger partial charge on any atom is 0.416 e. The molecule has 124 valence electrons. The summed E-state index contributed by atoms with van der Waals surface area (Å²) in [5, 5.41) is 6.19. The fourth-order valence-corrected chi connectivity index (χ4v) is 1.92. The Hall–Kier alpha value is -2.31. The Morgan fingerprint density at radius 1 is 1.04 bits per heavy atom. The minimum atomic E-state index is -4.34. The number of aryl methyl sites for hydroxylation is 1. The minimum Gasteiger partial charge on any atom is -0.370 e. The molecule has 0 aliphatic rings. The first kappa shape index (κ1) is 17.1. The van der Waals surface area contributed by atoms with Crippen LogP contribution in [-0.4, -0.2) is 16.5 Å². The Labute approximate surface area is 133 Å². The van der Waals surface area contributed by atoms with Crippen molar-refractivity contribution in [3.8, 4) is 0 Å². The van der Waals surface area contributed by atoms with E-state index in [1.165, 1.54) is 12.1 Å². The molecule has 1 aromatic carbocycles. The normalized spacial score (nSPS) is 11.6. The van der Waals surface area contributed by atoms with Crippen LogP contribution in [0.1, 0.15) is 25.2 Å². The standard InChI is InChI=1S/C16H19F3N4/c1-10(2)9-20-14-8-15(22-11(3)21-14)23-13-6-4-12(5-7-13)16(17,18)19/h4-8,10H,9H2,1-3H3,(H2,20,21,22,23). The lowest BCUT2D eigenvalue weighted by molar-refractivity contribution is -0.137. The van der Waals surface area contributed by atoms with Crippen LogP contribution in [0.25, 0.3) is 0 Å². The molecule has 0 saturated heterocycles.